The van der Waals surface area contributed by atoms with Gasteiger partial charge in [-0.05, 0) is 26.3 Å². The molecule has 0 spiro atoms. The first-order valence-corrected chi connectivity index (χ1v) is 6.20. The Morgan fingerprint density at radius 2 is 2.31 bits per heavy atom. The maximum Gasteiger partial charge on any atom is 0.0702 e. The van der Waals surface area contributed by atoms with Crippen molar-refractivity contribution in [3.63, 3.8) is 0 Å². The molecule has 0 radical (unpaired) electrons. The van der Waals surface area contributed by atoms with Gasteiger partial charge in [0.1, 0.15) is 0 Å². The molecule has 1 aliphatic rings. The van der Waals surface area contributed by atoms with E-state index >= 15 is 0 Å². The topological polar surface area (TPSA) is 47.7 Å². The van der Waals surface area contributed by atoms with E-state index in [9.17, 15) is 0 Å². The van der Waals surface area contributed by atoms with E-state index in [2.05, 4.69) is 18.9 Å². The molecule has 4 heteroatoms. The minimum absolute atomic E-state index is 0.0410. The molecule has 0 aromatic rings. The third-order valence-electron chi connectivity index (χ3n) is 3.76. The van der Waals surface area contributed by atoms with E-state index < -0.39 is 0 Å². The Balaban J connectivity index is 2.54. The number of likely N-dealkylation sites (N-methyl/N-ethyl adjacent to an activating group) is 1. The number of rotatable bonds is 7. The smallest absolute Gasteiger partial charge is 0.0702 e. The third kappa shape index (κ3) is 3.17. The zero-order valence-electron chi connectivity index (χ0n) is 10.9. The summed E-state index contributed by atoms with van der Waals surface area (Å²) in [6.45, 7) is 5.33. The molecule has 0 amide bonds. The molecule has 1 rings (SSSR count). The number of methoxy groups -OCH3 is 1. The van der Waals surface area contributed by atoms with Gasteiger partial charge < -0.3 is 15.2 Å². The average molecular weight is 230 g/mol. The van der Waals surface area contributed by atoms with E-state index in [0.29, 0.717) is 19.3 Å². The minimum Gasteiger partial charge on any atom is -0.383 e. The summed E-state index contributed by atoms with van der Waals surface area (Å²) in [5.74, 6) is 0. The number of hydrogen-bond donors (Lipinski definition) is 1. The van der Waals surface area contributed by atoms with E-state index in [1.807, 2.05) is 0 Å². The normalized spacial score (nSPS) is 24.9. The lowest BCUT2D eigenvalue weighted by atomic mass is 9.94. The first-order valence-electron chi connectivity index (χ1n) is 6.20. The third-order valence-corrected chi connectivity index (χ3v) is 3.76. The largest absolute Gasteiger partial charge is 0.383 e. The van der Waals surface area contributed by atoms with Crippen LogP contribution in [0.25, 0.3) is 0 Å². The first kappa shape index (κ1) is 13.9. The van der Waals surface area contributed by atoms with Crippen LogP contribution in [0.5, 0.6) is 0 Å². The molecule has 2 N–H and O–H groups in total. The predicted octanol–water partition coefficient (Wildman–Crippen LogP) is 0.851. The van der Waals surface area contributed by atoms with Crippen molar-refractivity contribution in [2.75, 3.05) is 40.5 Å². The summed E-state index contributed by atoms with van der Waals surface area (Å²) >= 11 is 0. The summed E-state index contributed by atoms with van der Waals surface area (Å²) in [5, 5.41) is 0. The summed E-state index contributed by atoms with van der Waals surface area (Å²) < 4.78 is 11.0. The van der Waals surface area contributed by atoms with Gasteiger partial charge >= 0.3 is 0 Å². The number of ether oxygens (including phenoxy) is 2. The number of nitrogens with two attached hydrogens (primary N) is 1. The van der Waals surface area contributed by atoms with Crippen LogP contribution in [0.3, 0.4) is 0 Å². The Hall–Kier alpha value is -0.160. The summed E-state index contributed by atoms with van der Waals surface area (Å²) in [6.07, 6.45) is 3.73. The first-order chi connectivity index (χ1) is 7.68. The number of nitrogens with zero attached hydrogens (tertiary/aromatic N) is 1. The van der Waals surface area contributed by atoms with Crippen molar-refractivity contribution in [3.8, 4) is 0 Å². The van der Waals surface area contributed by atoms with Gasteiger partial charge in [-0.1, -0.05) is 6.92 Å². The van der Waals surface area contributed by atoms with E-state index in [4.69, 9.17) is 15.2 Å². The zero-order chi connectivity index (χ0) is 12.0. The molecular formula is C12H26N2O2. The molecule has 1 aliphatic heterocycles. The Kier molecular flexibility index (Phi) is 5.69. The molecule has 0 bridgehead atoms. The lowest BCUT2D eigenvalue weighted by Crippen LogP contribution is -2.56. The van der Waals surface area contributed by atoms with Crippen LogP contribution in [0.4, 0.5) is 0 Å². The minimum atomic E-state index is -0.0410. The van der Waals surface area contributed by atoms with Gasteiger partial charge in [-0.15, -0.1) is 0 Å². The molecule has 0 saturated carbocycles. The second kappa shape index (κ2) is 6.55. The van der Waals surface area contributed by atoms with Crippen molar-refractivity contribution in [1.82, 2.24) is 4.90 Å². The maximum atomic E-state index is 5.92. The van der Waals surface area contributed by atoms with Crippen molar-refractivity contribution < 1.29 is 9.47 Å². The molecule has 2 unspecified atom stereocenters. The second-order valence-corrected chi connectivity index (χ2v) is 4.73. The van der Waals surface area contributed by atoms with Crippen molar-refractivity contribution in [3.05, 3.63) is 0 Å². The van der Waals surface area contributed by atoms with E-state index in [-0.39, 0.29) is 5.54 Å². The van der Waals surface area contributed by atoms with Gasteiger partial charge in [0.2, 0.25) is 0 Å². The Labute approximate surface area is 99.1 Å². The van der Waals surface area contributed by atoms with Crippen molar-refractivity contribution in [2.45, 2.75) is 37.8 Å². The van der Waals surface area contributed by atoms with Crippen molar-refractivity contribution >= 4 is 0 Å². The molecule has 2 atom stereocenters. The summed E-state index contributed by atoms with van der Waals surface area (Å²) in [7, 11) is 3.86. The summed E-state index contributed by atoms with van der Waals surface area (Å²) in [5.41, 5.74) is 5.88. The molecule has 1 fully saturated rings. The monoisotopic (exact) mass is 230 g/mol. The molecule has 4 nitrogen and oxygen atoms in total. The van der Waals surface area contributed by atoms with Crippen LogP contribution in [0.15, 0.2) is 0 Å². The highest BCUT2D eigenvalue weighted by Crippen LogP contribution is 2.21. The van der Waals surface area contributed by atoms with Gasteiger partial charge in [0, 0.05) is 26.8 Å². The second-order valence-electron chi connectivity index (χ2n) is 4.73. The SMILES string of the molecule is CCC(CN)(COC)N(C)CC1CCCO1. The average Bonchev–Trinajstić information content (AvgIpc) is 2.78. The van der Waals surface area contributed by atoms with Crippen LogP contribution in [0.1, 0.15) is 26.2 Å². The van der Waals surface area contributed by atoms with Gasteiger partial charge in [0.15, 0.2) is 0 Å². The molecule has 1 heterocycles. The Morgan fingerprint density at radius 1 is 1.56 bits per heavy atom. The lowest BCUT2D eigenvalue weighted by molar-refractivity contribution is -0.00495. The fourth-order valence-electron chi connectivity index (χ4n) is 2.40. The fraction of sp³-hybridized carbons (Fsp3) is 1.00. The summed E-state index contributed by atoms with van der Waals surface area (Å²) in [6, 6.07) is 0. The highest BCUT2D eigenvalue weighted by Gasteiger charge is 2.33. The fourth-order valence-corrected chi connectivity index (χ4v) is 2.40. The number of hydrogen-bond acceptors (Lipinski definition) is 4. The zero-order valence-corrected chi connectivity index (χ0v) is 10.9. The van der Waals surface area contributed by atoms with E-state index in [1.165, 1.54) is 12.8 Å². The maximum absolute atomic E-state index is 5.92. The molecule has 0 aliphatic carbocycles. The Morgan fingerprint density at radius 3 is 2.75 bits per heavy atom. The van der Waals surface area contributed by atoms with Crippen LogP contribution in [-0.2, 0) is 9.47 Å². The molecule has 16 heavy (non-hydrogen) atoms. The van der Waals surface area contributed by atoms with Crippen molar-refractivity contribution in [2.24, 2.45) is 5.73 Å². The Bertz CT molecular complexity index is 189. The highest BCUT2D eigenvalue weighted by atomic mass is 16.5. The highest BCUT2D eigenvalue weighted by molar-refractivity contribution is 4.90. The van der Waals surface area contributed by atoms with Crippen LogP contribution in [0, 0.1) is 0 Å². The van der Waals surface area contributed by atoms with Gasteiger partial charge in [0.25, 0.3) is 0 Å². The van der Waals surface area contributed by atoms with Gasteiger partial charge in [0.05, 0.1) is 18.2 Å². The van der Waals surface area contributed by atoms with Gasteiger partial charge in [-0.2, -0.15) is 0 Å². The van der Waals surface area contributed by atoms with Gasteiger partial charge in [-0.25, -0.2) is 0 Å². The summed E-state index contributed by atoms with van der Waals surface area (Å²) in [4.78, 5) is 2.31. The van der Waals surface area contributed by atoms with Crippen LogP contribution >= 0.6 is 0 Å². The van der Waals surface area contributed by atoms with E-state index in [1.54, 1.807) is 7.11 Å². The molecule has 0 aromatic carbocycles. The van der Waals surface area contributed by atoms with Crippen LogP contribution in [0.2, 0.25) is 0 Å². The van der Waals surface area contributed by atoms with Crippen LogP contribution < -0.4 is 5.73 Å². The van der Waals surface area contributed by atoms with E-state index in [0.717, 1.165) is 19.6 Å². The quantitative estimate of drug-likeness (QED) is 0.704. The molecule has 0 aromatic heterocycles. The standard InChI is InChI=1S/C12H26N2O2/c1-4-12(9-13,10-15-3)14(2)8-11-6-5-7-16-11/h11H,4-10,13H2,1-3H3. The molecule has 96 valence electrons. The molecular weight excluding hydrogens is 204 g/mol. The van der Waals surface area contributed by atoms with Crippen LogP contribution in [-0.4, -0.2) is 57.0 Å². The van der Waals surface area contributed by atoms with Crippen molar-refractivity contribution in [1.29, 1.82) is 0 Å². The predicted molar refractivity (Wildman–Crippen MR) is 65.6 cm³/mol. The van der Waals surface area contributed by atoms with Gasteiger partial charge in [-0.3, -0.25) is 4.90 Å². The lowest BCUT2D eigenvalue weighted by Gasteiger charge is -2.41. The molecule has 1 saturated heterocycles.